The molecule has 0 aliphatic carbocycles. The second kappa shape index (κ2) is 5.84. The van der Waals surface area contributed by atoms with Crippen LogP contribution in [0.4, 0.5) is 0 Å². The third-order valence-electron chi connectivity index (χ3n) is 2.51. The number of benzene rings is 1. The summed E-state index contributed by atoms with van der Waals surface area (Å²) in [7, 11) is 0. The molecule has 0 saturated carbocycles. The highest BCUT2D eigenvalue weighted by molar-refractivity contribution is 8.00. The summed E-state index contributed by atoms with van der Waals surface area (Å²) in [4.78, 5) is 19.9. The monoisotopic (exact) mass is 274 g/mol. The first-order chi connectivity index (χ1) is 9.06. The standard InChI is InChI=1S/C14H14N2O2S/c1-9-8-10(2)16-14(15-9)19-12(13(17)18)11-6-4-3-5-7-11/h3-8,12H,1-2H3,(H,17,18)/t12-/m1/s1. The van der Waals surface area contributed by atoms with Crippen molar-refractivity contribution in [3.8, 4) is 0 Å². The highest BCUT2D eigenvalue weighted by Gasteiger charge is 2.22. The summed E-state index contributed by atoms with van der Waals surface area (Å²) in [6.45, 7) is 3.74. The Balaban J connectivity index is 2.29. The molecule has 1 aromatic carbocycles. The smallest absolute Gasteiger partial charge is 0.321 e. The van der Waals surface area contributed by atoms with Gasteiger partial charge in [0.1, 0.15) is 5.25 Å². The van der Waals surface area contributed by atoms with Crippen LogP contribution in [0.5, 0.6) is 0 Å². The lowest BCUT2D eigenvalue weighted by Gasteiger charge is -2.11. The average molecular weight is 274 g/mol. The zero-order chi connectivity index (χ0) is 13.8. The van der Waals surface area contributed by atoms with E-state index in [1.807, 2.05) is 38.1 Å². The largest absolute Gasteiger partial charge is 0.480 e. The fourth-order valence-corrected chi connectivity index (χ4v) is 2.74. The minimum atomic E-state index is -0.890. The molecular formula is C14H14N2O2S. The molecular weight excluding hydrogens is 260 g/mol. The molecule has 0 spiro atoms. The van der Waals surface area contributed by atoms with Gasteiger partial charge in [0.05, 0.1) is 0 Å². The Morgan fingerprint density at radius 1 is 1.16 bits per heavy atom. The molecule has 2 rings (SSSR count). The highest BCUT2D eigenvalue weighted by Crippen LogP contribution is 2.33. The van der Waals surface area contributed by atoms with Gasteiger partial charge in [-0.1, -0.05) is 42.1 Å². The van der Waals surface area contributed by atoms with Crippen molar-refractivity contribution >= 4 is 17.7 Å². The molecule has 0 saturated heterocycles. The molecule has 98 valence electrons. The Labute approximate surface area is 115 Å². The van der Waals surface area contributed by atoms with Crippen molar-refractivity contribution in [2.24, 2.45) is 0 Å². The maximum atomic E-state index is 11.4. The molecule has 1 heterocycles. The van der Waals surface area contributed by atoms with Gasteiger partial charge in [-0.25, -0.2) is 9.97 Å². The lowest BCUT2D eigenvalue weighted by atomic mass is 10.1. The van der Waals surface area contributed by atoms with Crippen LogP contribution in [-0.4, -0.2) is 21.0 Å². The van der Waals surface area contributed by atoms with Crippen LogP contribution in [0.2, 0.25) is 0 Å². The number of carbonyl (C=O) groups is 1. The molecule has 0 bridgehead atoms. The van der Waals surface area contributed by atoms with Gasteiger partial charge >= 0.3 is 5.97 Å². The van der Waals surface area contributed by atoms with Gasteiger partial charge in [0.2, 0.25) is 0 Å². The number of hydrogen-bond acceptors (Lipinski definition) is 4. The molecule has 0 fully saturated rings. The van der Waals surface area contributed by atoms with Crippen LogP contribution in [0.1, 0.15) is 22.2 Å². The summed E-state index contributed by atoms with van der Waals surface area (Å²) in [5.74, 6) is -0.890. The van der Waals surface area contributed by atoms with Crippen molar-refractivity contribution in [2.75, 3.05) is 0 Å². The Morgan fingerprint density at radius 2 is 1.74 bits per heavy atom. The zero-order valence-corrected chi connectivity index (χ0v) is 11.5. The second-order valence-electron chi connectivity index (χ2n) is 4.18. The molecule has 4 nitrogen and oxygen atoms in total. The van der Waals surface area contributed by atoms with E-state index < -0.39 is 11.2 Å². The quantitative estimate of drug-likeness (QED) is 0.686. The molecule has 0 radical (unpaired) electrons. The maximum Gasteiger partial charge on any atom is 0.321 e. The summed E-state index contributed by atoms with van der Waals surface area (Å²) in [5, 5.41) is 9.15. The number of aromatic nitrogens is 2. The van der Waals surface area contributed by atoms with E-state index in [9.17, 15) is 9.90 Å². The van der Waals surface area contributed by atoms with E-state index in [1.54, 1.807) is 12.1 Å². The van der Waals surface area contributed by atoms with Crippen LogP contribution in [0.15, 0.2) is 41.6 Å². The Hall–Kier alpha value is -1.88. The first-order valence-corrected chi connectivity index (χ1v) is 6.71. The Kier molecular flexibility index (Phi) is 4.16. The highest BCUT2D eigenvalue weighted by atomic mass is 32.2. The first kappa shape index (κ1) is 13.5. The summed E-state index contributed by atoms with van der Waals surface area (Å²) >= 11 is 1.16. The van der Waals surface area contributed by atoms with Gasteiger partial charge in [0, 0.05) is 11.4 Å². The number of rotatable bonds is 4. The van der Waals surface area contributed by atoms with Crippen LogP contribution in [0.25, 0.3) is 0 Å². The van der Waals surface area contributed by atoms with E-state index in [0.717, 1.165) is 28.7 Å². The Morgan fingerprint density at radius 3 is 2.26 bits per heavy atom. The van der Waals surface area contributed by atoms with Crippen LogP contribution in [-0.2, 0) is 4.79 Å². The normalized spacial score (nSPS) is 12.1. The van der Waals surface area contributed by atoms with Gasteiger partial charge < -0.3 is 5.11 Å². The van der Waals surface area contributed by atoms with Crippen molar-refractivity contribution in [3.63, 3.8) is 0 Å². The molecule has 0 aliphatic rings. The van der Waals surface area contributed by atoms with E-state index >= 15 is 0 Å². The minimum absolute atomic E-state index is 0.494. The number of aliphatic carboxylic acids is 1. The van der Waals surface area contributed by atoms with Gasteiger partial charge in [-0.3, -0.25) is 4.79 Å². The van der Waals surface area contributed by atoms with Gasteiger partial charge in [0.25, 0.3) is 0 Å². The number of nitrogens with zero attached hydrogens (tertiary/aromatic N) is 2. The summed E-state index contributed by atoms with van der Waals surface area (Å²) < 4.78 is 0. The third-order valence-corrected chi connectivity index (χ3v) is 3.61. The molecule has 1 aromatic heterocycles. The van der Waals surface area contributed by atoms with Crippen LogP contribution >= 0.6 is 11.8 Å². The molecule has 1 atom stereocenters. The van der Waals surface area contributed by atoms with Crippen molar-refractivity contribution in [1.29, 1.82) is 0 Å². The van der Waals surface area contributed by atoms with Crippen molar-refractivity contribution in [2.45, 2.75) is 24.3 Å². The number of aryl methyl sites for hydroxylation is 2. The van der Waals surface area contributed by atoms with Crippen LogP contribution in [0, 0.1) is 13.8 Å². The molecule has 2 aromatic rings. The molecule has 0 unspecified atom stereocenters. The maximum absolute atomic E-state index is 11.4. The number of thioether (sulfide) groups is 1. The van der Waals surface area contributed by atoms with E-state index in [4.69, 9.17) is 0 Å². The molecule has 5 heteroatoms. The van der Waals surface area contributed by atoms with E-state index in [1.165, 1.54) is 0 Å². The lowest BCUT2D eigenvalue weighted by molar-refractivity contribution is -0.136. The van der Waals surface area contributed by atoms with Gasteiger partial charge in [-0.05, 0) is 25.5 Å². The fraction of sp³-hybridized carbons (Fsp3) is 0.214. The predicted molar refractivity (Wildman–Crippen MR) is 74.2 cm³/mol. The molecule has 19 heavy (non-hydrogen) atoms. The van der Waals surface area contributed by atoms with Gasteiger partial charge in [-0.15, -0.1) is 0 Å². The van der Waals surface area contributed by atoms with Crippen LogP contribution in [0.3, 0.4) is 0 Å². The SMILES string of the molecule is Cc1cc(C)nc(S[C@@H](C(=O)O)c2ccccc2)n1. The average Bonchev–Trinajstić information content (AvgIpc) is 2.35. The first-order valence-electron chi connectivity index (χ1n) is 5.83. The van der Waals surface area contributed by atoms with Crippen molar-refractivity contribution in [1.82, 2.24) is 9.97 Å². The Bertz CT molecular complexity index is 567. The van der Waals surface area contributed by atoms with E-state index in [0.29, 0.717) is 5.16 Å². The van der Waals surface area contributed by atoms with Gasteiger partial charge in [0.15, 0.2) is 5.16 Å². The fourth-order valence-electron chi connectivity index (χ4n) is 1.74. The topological polar surface area (TPSA) is 63.1 Å². The van der Waals surface area contributed by atoms with Crippen molar-refractivity contribution < 1.29 is 9.90 Å². The summed E-state index contributed by atoms with van der Waals surface area (Å²) in [6, 6.07) is 11.0. The lowest BCUT2D eigenvalue weighted by Crippen LogP contribution is -2.09. The second-order valence-corrected chi connectivity index (χ2v) is 5.25. The molecule has 1 N–H and O–H groups in total. The van der Waals surface area contributed by atoms with Crippen molar-refractivity contribution in [3.05, 3.63) is 53.3 Å². The summed E-state index contributed by atoms with van der Waals surface area (Å²) in [5.41, 5.74) is 2.42. The number of hydrogen-bond donors (Lipinski definition) is 1. The van der Waals surface area contributed by atoms with E-state index in [2.05, 4.69) is 9.97 Å². The molecule has 0 amide bonds. The van der Waals surface area contributed by atoms with Gasteiger partial charge in [-0.2, -0.15) is 0 Å². The zero-order valence-electron chi connectivity index (χ0n) is 10.7. The molecule has 0 aliphatic heterocycles. The third kappa shape index (κ3) is 3.54. The number of carboxylic acids is 1. The van der Waals surface area contributed by atoms with E-state index in [-0.39, 0.29) is 0 Å². The minimum Gasteiger partial charge on any atom is -0.480 e. The number of carboxylic acid groups (broad SMARTS) is 1. The predicted octanol–water partition coefficient (Wildman–Crippen LogP) is 3.01. The summed E-state index contributed by atoms with van der Waals surface area (Å²) in [6.07, 6.45) is 0. The van der Waals surface area contributed by atoms with Crippen LogP contribution < -0.4 is 0 Å².